The van der Waals surface area contributed by atoms with E-state index >= 15 is 0 Å². The fourth-order valence-electron chi connectivity index (χ4n) is 3.63. The maximum atomic E-state index is 11.7. The zero-order valence-corrected chi connectivity index (χ0v) is 20.7. The Bertz CT molecular complexity index is 350. The van der Waals surface area contributed by atoms with Crippen molar-refractivity contribution in [1.29, 1.82) is 0 Å². The Morgan fingerprint density at radius 2 is 1.00 bits per heavy atom. The van der Waals surface area contributed by atoms with Crippen LogP contribution in [0, 0.1) is 0 Å². The Balaban J connectivity index is 3.12. The fraction of sp³-hybridized carbons (Fsp3) is 0.960. The van der Waals surface area contributed by atoms with Crippen LogP contribution in [0.1, 0.15) is 110 Å². The van der Waals surface area contributed by atoms with Crippen molar-refractivity contribution in [3.63, 3.8) is 0 Å². The molecule has 0 saturated heterocycles. The molecule has 0 radical (unpaired) electrons. The molecule has 5 nitrogen and oxygen atoms in total. The van der Waals surface area contributed by atoms with Gasteiger partial charge in [0.25, 0.3) is 0 Å². The van der Waals surface area contributed by atoms with Gasteiger partial charge in [-0.05, 0) is 20.5 Å². The molecule has 0 fully saturated rings. The second kappa shape index (κ2) is 24.5. The molecule has 0 aromatic heterocycles. The van der Waals surface area contributed by atoms with Gasteiger partial charge in [-0.1, -0.05) is 103 Å². The number of nitrogens with zero attached hydrogens (tertiary/aromatic N) is 1. The van der Waals surface area contributed by atoms with E-state index in [1.54, 1.807) is 0 Å². The van der Waals surface area contributed by atoms with Crippen molar-refractivity contribution < 1.29 is 4.79 Å². The van der Waals surface area contributed by atoms with E-state index in [9.17, 15) is 4.79 Å². The number of hydrogen-bond donors (Lipinski definition) is 3. The summed E-state index contributed by atoms with van der Waals surface area (Å²) in [5, 5.41) is 9.17. The number of carbonyl (C=O) groups is 1. The number of likely N-dealkylation sites (N-methyl/N-ethyl adjacent to an activating group) is 1. The number of hydrogen-bond acceptors (Lipinski definition) is 3. The highest BCUT2D eigenvalue weighted by molar-refractivity contribution is 5.73. The summed E-state index contributed by atoms with van der Waals surface area (Å²) in [4.78, 5) is 13.8. The summed E-state index contributed by atoms with van der Waals surface area (Å²) < 4.78 is 0. The SMILES string of the molecule is CCCCCCCCCCCCCCCCCCNC(=O)NCCNCCN(C)C. The lowest BCUT2D eigenvalue weighted by atomic mass is 10.0. The van der Waals surface area contributed by atoms with Crippen LogP contribution in [0.15, 0.2) is 0 Å². The molecule has 0 spiro atoms. The Kier molecular flexibility index (Phi) is 23.8. The second-order valence-electron chi connectivity index (χ2n) is 9.04. The molecule has 30 heavy (non-hydrogen) atoms. The van der Waals surface area contributed by atoms with Gasteiger partial charge < -0.3 is 20.9 Å². The Labute approximate surface area is 188 Å². The van der Waals surface area contributed by atoms with Gasteiger partial charge in [-0.2, -0.15) is 0 Å². The lowest BCUT2D eigenvalue weighted by Gasteiger charge is -2.11. The van der Waals surface area contributed by atoms with Crippen molar-refractivity contribution in [3.8, 4) is 0 Å². The maximum Gasteiger partial charge on any atom is 0.314 e. The smallest absolute Gasteiger partial charge is 0.314 e. The van der Waals surface area contributed by atoms with Gasteiger partial charge >= 0.3 is 6.03 Å². The Morgan fingerprint density at radius 1 is 0.567 bits per heavy atom. The summed E-state index contributed by atoms with van der Waals surface area (Å²) in [6.45, 7) is 6.55. The molecule has 0 heterocycles. The molecule has 0 aromatic rings. The lowest BCUT2D eigenvalue weighted by molar-refractivity contribution is 0.240. The van der Waals surface area contributed by atoms with Crippen LogP contribution in [0.2, 0.25) is 0 Å². The van der Waals surface area contributed by atoms with Crippen LogP contribution in [-0.4, -0.2) is 57.8 Å². The largest absolute Gasteiger partial charge is 0.338 e. The zero-order valence-electron chi connectivity index (χ0n) is 20.7. The molecule has 0 aliphatic carbocycles. The molecule has 180 valence electrons. The number of rotatable bonds is 23. The highest BCUT2D eigenvalue weighted by Crippen LogP contribution is 2.13. The lowest BCUT2D eigenvalue weighted by Crippen LogP contribution is -2.40. The summed E-state index contributed by atoms with van der Waals surface area (Å²) in [5.41, 5.74) is 0. The summed E-state index contributed by atoms with van der Waals surface area (Å²) in [7, 11) is 4.12. The van der Waals surface area contributed by atoms with Crippen LogP contribution in [0.4, 0.5) is 4.79 Å². The third-order valence-electron chi connectivity index (χ3n) is 5.64. The van der Waals surface area contributed by atoms with Gasteiger partial charge in [0, 0.05) is 32.7 Å². The number of nitrogens with one attached hydrogen (secondary N) is 3. The standard InChI is InChI=1S/C25H54N4O/c1-4-5-6-7-8-9-10-11-12-13-14-15-16-17-18-19-20-27-25(30)28-22-21-26-23-24-29(2)3/h26H,4-24H2,1-3H3,(H2,27,28,30). The van der Waals surface area contributed by atoms with Crippen molar-refractivity contribution in [3.05, 3.63) is 0 Å². The molecule has 5 heteroatoms. The topological polar surface area (TPSA) is 56.4 Å². The van der Waals surface area contributed by atoms with Crippen LogP contribution in [0.3, 0.4) is 0 Å². The summed E-state index contributed by atoms with van der Waals surface area (Å²) in [6.07, 6.45) is 22.0. The number of amides is 2. The molecule has 0 aliphatic rings. The van der Waals surface area contributed by atoms with Gasteiger partial charge in [-0.15, -0.1) is 0 Å². The quantitative estimate of drug-likeness (QED) is 0.184. The van der Waals surface area contributed by atoms with Crippen LogP contribution in [0.5, 0.6) is 0 Å². The van der Waals surface area contributed by atoms with Crippen LogP contribution < -0.4 is 16.0 Å². The van der Waals surface area contributed by atoms with E-state index in [4.69, 9.17) is 0 Å². The minimum Gasteiger partial charge on any atom is -0.338 e. The first-order chi connectivity index (χ1) is 14.7. The predicted octanol–water partition coefficient (Wildman–Crippen LogP) is 5.70. The number of carbonyl (C=O) groups excluding carboxylic acids is 1. The van der Waals surface area contributed by atoms with Gasteiger partial charge in [-0.3, -0.25) is 0 Å². The first-order valence-corrected chi connectivity index (χ1v) is 13.0. The molecule has 0 saturated carbocycles. The predicted molar refractivity (Wildman–Crippen MR) is 132 cm³/mol. The molecular formula is C25H54N4O. The van der Waals surface area contributed by atoms with Crippen LogP contribution >= 0.6 is 0 Å². The maximum absolute atomic E-state index is 11.7. The zero-order chi connectivity index (χ0) is 22.1. The van der Waals surface area contributed by atoms with Crippen molar-refractivity contribution in [2.45, 2.75) is 110 Å². The highest BCUT2D eigenvalue weighted by atomic mass is 16.2. The molecule has 2 amide bonds. The van der Waals surface area contributed by atoms with Crippen molar-refractivity contribution in [2.75, 3.05) is 46.8 Å². The molecule has 0 atom stereocenters. The Morgan fingerprint density at radius 3 is 1.47 bits per heavy atom. The van der Waals surface area contributed by atoms with Crippen LogP contribution in [0.25, 0.3) is 0 Å². The molecule has 0 aliphatic heterocycles. The van der Waals surface area contributed by atoms with Crippen LogP contribution in [-0.2, 0) is 0 Å². The molecule has 0 bridgehead atoms. The summed E-state index contributed by atoms with van der Waals surface area (Å²) >= 11 is 0. The minimum absolute atomic E-state index is 0.0367. The van der Waals surface area contributed by atoms with E-state index in [0.717, 1.165) is 32.6 Å². The van der Waals surface area contributed by atoms with E-state index in [-0.39, 0.29) is 6.03 Å². The second-order valence-corrected chi connectivity index (χ2v) is 9.04. The molecule has 0 aromatic carbocycles. The van der Waals surface area contributed by atoms with E-state index < -0.39 is 0 Å². The van der Waals surface area contributed by atoms with Crippen molar-refractivity contribution in [1.82, 2.24) is 20.9 Å². The van der Waals surface area contributed by atoms with E-state index in [0.29, 0.717) is 6.54 Å². The summed E-state index contributed by atoms with van der Waals surface area (Å²) in [6, 6.07) is -0.0367. The fourth-order valence-corrected chi connectivity index (χ4v) is 3.63. The van der Waals surface area contributed by atoms with Crippen molar-refractivity contribution in [2.24, 2.45) is 0 Å². The average molecular weight is 427 g/mol. The monoisotopic (exact) mass is 426 g/mol. The first kappa shape index (κ1) is 29.2. The molecule has 0 unspecified atom stereocenters. The van der Waals surface area contributed by atoms with E-state index in [2.05, 4.69) is 41.9 Å². The van der Waals surface area contributed by atoms with E-state index in [1.807, 2.05) is 0 Å². The molecule has 0 rings (SSSR count). The summed E-state index contributed by atoms with van der Waals surface area (Å²) in [5.74, 6) is 0. The van der Waals surface area contributed by atoms with Crippen molar-refractivity contribution >= 4 is 6.03 Å². The van der Waals surface area contributed by atoms with Gasteiger partial charge in [0.05, 0.1) is 0 Å². The van der Waals surface area contributed by atoms with Gasteiger partial charge in [0.2, 0.25) is 0 Å². The third kappa shape index (κ3) is 25.2. The third-order valence-corrected chi connectivity index (χ3v) is 5.64. The average Bonchev–Trinajstić information content (AvgIpc) is 2.72. The number of urea groups is 1. The van der Waals surface area contributed by atoms with Gasteiger partial charge in [0.1, 0.15) is 0 Å². The van der Waals surface area contributed by atoms with Gasteiger partial charge in [-0.25, -0.2) is 4.79 Å². The van der Waals surface area contributed by atoms with E-state index in [1.165, 1.54) is 96.3 Å². The molecular weight excluding hydrogens is 372 g/mol. The first-order valence-electron chi connectivity index (χ1n) is 13.0. The highest BCUT2D eigenvalue weighted by Gasteiger charge is 1.99. The molecule has 3 N–H and O–H groups in total. The normalized spacial score (nSPS) is 11.2. The minimum atomic E-state index is -0.0367. The Hall–Kier alpha value is -0.810. The van der Waals surface area contributed by atoms with Gasteiger partial charge in [0.15, 0.2) is 0 Å². The number of unbranched alkanes of at least 4 members (excludes halogenated alkanes) is 15.